The van der Waals surface area contributed by atoms with Gasteiger partial charge in [-0.25, -0.2) is 0 Å². The van der Waals surface area contributed by atoms with Crippen molar-refractivity contribution in [2.45, 2.75) is 54.3 Å². The van der Waals surface area contributed by atoms with Gasteiger partial charge < -0.3 is 28.4 Å². The lowest BCUT2D eigenvalue weighted by molar-refractivity contribution is -0.330. The lowest BCUT2D eigenvalue weighted by Crippen LogP contribution is -2.63. The summed E-state index contributed by atoms with van der Waals surface area (Å²) < 4.78 is 51.8. The first-order valence-electron chi connectivity index (χ1n) is 14.0. The van der Waals surface area contributed by atoms with Crippen molar-refractivity contribution < 1.29 is 32.6 Å². The third-order valence-corrected chi connectivity index (χ3v) is 8.97. The summed E-state index contributed by atoms with van der Waals surface area (Å²) in [5.74, 6) is 0.769. The molecule has 2 aliphatic heterocycles. The van der Waals surface area contributed by atoms with Crippen molar-refractivity contribution in [2.24, 2.45) is 0 Å². The van der Waals surface area contributed by atoms with Crippen molar-refractivity contribution in [3.63, 3.8) is 0 Å². The van der Waals surface area contributed by atoms with E-state index in [1.165, 1.54) is 0 Å². The van der Waals surface area contributed by atoms with Crippen molar-refractivity contribution in [3.05, 3.63) is 132 Å². The molecule has 0 saturated carbocycles. The van der Waals surface area contributed by atoms with E-state index in [2.05, 4.69) is 0 Å². The molecule has 218 valence electrons. The standard InChI is InChI=1S/C34H34O7S/c1-36-27-19-17-25(18-20-27)22-37-31-30-29(23-39-33(41-30)26-13-7-3-8-14-26)40-34(42(35)28-15-9-4-10-16-28)32(31)38-21-24-11-5-2-6-12-24/h2-20,29-34H,21-23H2,1H3/t29?,30-,31-,32?,33?,34-,42?/m1/s1. The molecule has 2 saturated heterocycles. The maximum Gasteiger partial charge on any atom is 0.184 e. The molecule has 6 rings (SSSR count). The summed E-state index contributed by atoms with van der Waals surface area (Å²) in [5, 5.41) is 0. The molecule has 0 bridgehead atoms. The van der Waals surface area contributed by atoms with Gasteiger partial charge in [-0.15, -0.1) is 0 Å². The Kier molecular flexibility index (Phi) is 9.40. The molecule has 0 aromatic heterocycles. The van der Waals surface area contributed by atoms with Crippen LogP contribution in [0.3, 0.4) is 0 Å². The highest BCUT2D eigenvalue weighted by molar-refractivity contribution is 7.85. The number of hydrogen-bond acceptors (Lipinski definition) is 7. The number of fused-ring (bicyclic) bond motifs is 1. The van der Waals surface area contributed by atoms with Gasteiger partial charge in [-0.2, -0.15) is 0 Å². The molecule has 2 aliphatic rings. The molecule has 0 N–H and O–H groups in total. The van der Waals surface area contributed by atoms with E-state index in [4.69, 9.17) is 28.4 Å². The number of hydrogen-bond donors (Lipinski definition) is 0. The molecule has 8 heteroatoms. The van der Waals surface area contributed by atoms with E-state index >= 15 is 0 Å². The van der Waals surface area contributed by atoms with Gasteiger partial charge in [-0.1, -0.05) is 91.0 Å². The highest BCUT2D eigenvalue weighted by Gasteiger charge is 2.53. The van der Waals surface area contributed by atoms with Gasteiger partial charge in [0.25, 0.3) is 0 Å². The normalized spacial score (nSPS) is 26.2. The first-order valence-corrected chi connectivity index (χ1v) is 15.2. The van der Waals surface area contributed by atoms with Gasteiger partial charge in [0, 0.05) is 10.5 Å². The van der Waals surface area contributed by atoms with Crippen LogP contribution in [0.2, 0.25) is 0 Å². The molecule has 2 heterocycles. The smallest absolute Gasteiger partial charge is 0.184 e. The summed E-state index contributed by atoms with van der Waals surface area (Å²) in [5.41, 5.74) is 2.06. The van der Waals surface area contributed by atoms with Crippen LogP contribution in [0.25, 0.3) is 0 Å². The minimum Gasteiger partial charge on any atom is -0.497 e. The predicted molar refractivity (Wildman–Crippen MR) is 158 cm³/mol. The van der Waals surface area contributed by atoms with Crippen LogP contribution in [0.15, 0.2) is 120 Å². The Morgan fingerprint density at radius 1 is 0.714 bits per heavy atom. The van der Waals surface area contributed by atoms with Crippen LogP contribution < -0.4 is 4.74 Å². The van der Waals surface area contributed by atoms with Gasteiger partial charge in [-0.05, 0) is 35.4 Å². The first kappa shape index (κ1) is 28.7. The third-order valence-electron chi connectivity index (χ3n) is 7.43. The van der Waals surface area contributed by atoms with Gasteiger partial charge in [-0.3, -0.25) is 4.21 Å². The number of ether oxygens (including phenoxy) is 6. The molecule has 7 nitrogen and oxygen atoms in total. The third kappa shape index (κ3) is 6.65. The number of methoxy groups -OCH3 is 1. The molecule has 4 aromatic rings. The zero-order chi connectivity index (χ0) is 28.7. The Hall–Kier alpha value is -3.37. The second-order valence-electron chi connectivity index (χ2n) is 10.2. The second kappa shape index (κ2) is 13.7. The van der Waals surface area contributed by atoms with Gasteiger partial charge in [0.2, 0.25) is 0 Å². The van der Waals surface area contributed by atoms with Crippen molar-refractivity contribution in [2.75, 3.05) is 13.7 Å². The van der Waals surface area contributed by atoms with Crippen LogP contribution in [0.5, 0.6) is 5.75 Å². The molecule has 4 aromatic carbocycles. The fourth-order valence-corrected chi connectivity index (χ4v) is 6.65. The maximum atomic E-state index is 14.0. The minimum absolute atomic E-state index is 0.264. The number of benzene rings is 4. The topological polar surface area (TPSA) is 72.5 Å². The number of rotatable bonds is 10. The fourth-order valence-electron chi connectivity index (χ4n) is 5.23. The Balaban J connectivity index is 1.33. The summed E-state index contributed by atoms with van der Waals surface area (Å²) in [7, 11) is 0.0942. The summed E-state index contributed by atoms with van der Waals surface area (Å²) in [6.07, 6.45) is -2.90. The summed E-state index contributed by atoms with van der Waals surface area (Å²) >= 11 is 0. The Morgan fingerprint density at radius 2 is 1.31 bits per heavy atom. The van der Waals surface area contributed by atoms with E-state index in [-0.39, 0.29) is 6.61 Å². The average molecular weight is 587 g/mol. The lowest BCUT2D eigenvalue weighted by Gasteiger charge is -2.49. The quantitative estimate of drug-likeness (QED) is 0.232. The lowest BCUT2D eigenvalue weighted by atomic mass is 9.98. The molecule has 42 heavy (non-hydrogen) atoms. The summed E-state index contributed by atoms with van der Waals surface area (Å²) in [6, 6.07) is 36.7. The molecular weight excluding hydrogens is 552 g/mol. The van der Waals surface area contributed by atoms with Crippen LogP contribution in [0, 0.1) is 0 Å². The predicted octanol–water partition coefficient (Wildman–Crippen LogP) is 5.81. The van der Waals surface area contributed by atoms with Crippen LogP contribution in [0.4, 0.5) is 0 Å². The van der Waals surface area contributed by atoms with E-state index in [1.54, 1.807) is 7.11 Å². The van der Waals surface area contributed by atoms with E-state index in [0.717, 1.165) is 22.4 Å². The van der Waals surface area contributed by atoms with Crippen molar-refractivity contribution in [3.8, 4) is 5.75 Å². The molecule has 0 aliphatic carbocycles. The average Bonchev–Trinajstić information content (AvgIpc) is 3.07. The maximum absolute atomic E-state index is 14.0. The van der Waals surface area contributed by atoms with Crippen LogP contribution >= 0.6 is 0 Å². The highest BCUT2D eigenvalue weighted by atomic mass is 32.2. The van der Waals surface area contributed by atoms with E-state index in [9.17, 15) is 4.21 Å². The van der Waals surface area contributed by atoms with Crippen LogP contribution in [-0.2, 0) is 47.7 Å². The zero-order valence-electron chi connectivity index (χ0n) is 23.3. The zero-order valence-corrected chi connectivity index (χ0v) is 24.1. The van der Waals surface area contributed by atoms with Gasteiger partial charge in [0.1, 0.15) is 30.2 Å². The van der Waals surface area contributed by atoms with E-state index in [0.29, 0.717) is 18.1 Å². The van der Waals surface area contributed by atoms with Gasteiger partial charge >= 0.3 is 0 Å². The van der Waals surface area contributed by atoms with E-state index < -0.39 is 46.9 Å². The molecule has 7 atom stereocenters. The molecule has 4 unspecified atom stereocenters. The molecule has 0 radical (unpaired) electrons. The Bertz CT molecular complexity index is 1420. The first-order chi connectivity index (χ1) is 20.7. The molecule has 0 spiro atoms. The fraction of sp³-hybridized carbons (Fsp3) is 0.294. The van der Waals surface area contributed by atoms with Gasteiger partial charge in [0.15, 0.2) is 11.7 Å². The van der Waals surface area contributed by atoms with Crippen LogP contribution in [-0.4, -0.2) is 47.8 Å². The molecular formula is C34H34O7S. The largest absolute Gasteiger partial charge is 0.497 e. The minimum atomic E-state index is -1.55. The van der Waals surface area contributed by atoms with E-state index in [1.807, 2.05) is 115 Å². The van der Waals surface area contributed by atoms with Gasteiger partial charge in [0.05, 0.1) is 37.7 Å². The monoisotopic (exact) mass is 586 g/mol. The van der Waals surface area contributed by atoms with Crippen LogP contribution in [0.1, 0.15) is 23.0 Å². The summed E-state index contributed by atoms with van der Waals surface area (Å²) in [4.78, 5) is 0.656. The van der Waals surface area contributed by atoms with Crippen molar-refractivity contribution in [1.29, 1.82) is 0 Å². The Morgan fingerprint density at radius 3 is 1.98 bits per heavy atom. The highest BCUT2D eigenvalue weighted by Crippen LogP contribution is 2.38. The summed E-state index contributed by atoms with van der Waals surface area (Å²) in [6.45, 7) is 0.865. The van der Waals surface area contributed by atoms with Crippen molar-refractivity contribution >= 4 is 10.8 Å². The second-order valence-corrected chi connectivity index (χ2v) is 11.7. The molecule has 0 amide bonds. The van der Waals surface area contributed by atoms with Crippen molar-refractivity contribution in [1.82, 2.24) is 0 Å². The molecule has 2 fully saturated rings. The Labute approximate surface area is 248 Å². The SMILES string of the molecule is COc1ccc(CO[C@H]2C(OCc3ccccc3)[C@@H](S(=O)c3ccccc3)OC3COC(c4ccccc4)O[C@H]32)cc1.